The third-order valence-corrected chi connectivity index (χ3v) is 3.53. The normalized spacial score (nSPS) is 10.6. The first kappa shape index (κ1) is 12.6. The summed E-state index contributed by atoms with van der Waals surface area (Å²) in [6.45, 7) is 3.72. The van der Waals surface area contributed by atoms with Crippen molar-refractivity contribution in [2.75, 3.05) is 0 Å². The van der Waals surface area contributed by atoms with Crippen molar-refractivity contribution >= 4 is 34.8 Å². The molecule has 0 radical (unpaired) electrons. The Bertz CT molecular complexity index is 582. The molecule has 0 saturated heterocycles. The topological polar surface area (TPSA) is 25.8 Å². The van der Waals surface area contributed by atoms with E-state index in [1.54, 1.807) is 18.3 Å². The van der Waals surface area contributed by atoms with Gasteiger partial charge in [-0.05, 0) is 26.0 Å². The molecule has 0 N–H and O–H groups in total. The maximum absolute atomic E-state index is 6.17. The fourth-order valence-electron chi connectivity index (χ4n) is 1.60. The van der Waals surface area contributed by atoms with Crippen LogP contribution in [0.15, 0.2) is 18.3 Å². The zero-order valence-corrected chi connectivity index (χ0v) is 11.5. The van der Waals surface area contributed by atoms with Crippen LogP contribution in [0, 0.1) is 13.8 Å². The molecule has 1 heterocycles. The van der Waals surface area contributed by atoms with Crippen molar-refractivity contribution in [1.29, 1.82) is 0 Å². The minimum Gasteiger partial charge on any atom is -0.241 e. The van der Waals surface area contributed by atoms with Crippen LogP contribution in [0.1, 0.15) is 11.5 Å². The fraction of sp³-hybridized carbons (Fsp3) is 0.167. The zero-order chi connectivity index (χ0) is 12.6. The van der Waals surface area contributed by atoms with E-state index in [1.807, 2.05) is 13.8 Å². The van der Waals surface area contributed by atoms with Crippen molar-refractivity contribution in [1.82, 2.24) is 9.97 Å². The average molecular weight is 288 g/mol. The maximum atomic E-state index is 6.17. The summed E-state index contributed by atoms with van der Waals surface area (Å²) >= 11 is 18.3. The molecule has 0 saturated carbocycles. The predicted octanol–water partition coefficient (Wildman–Crippen LogP) is 4.72. The molecular weight excluding hydrogens is 279 g/mol. The first-order valence-electron chi connectivity index (χ1n) is 4.95. The highest BCUT2D eigenvalue weighted by Crippen LogP contribution is 2.39. The van der Waals surface area contributed by atoms with Gasteiger partial charge in [-0.1, -0.05) is 34.8 Å². The molecule has 0 atom stereocenters. The molecule has 2 rings (SSSR count). The molecule has 0 aliphatic rings. The largest absolute Gasteiger partial charge is 0.241 e. The number of hydrogen-bond acceptors (Lipinski definition) is 2. The second-order valence-corrected chi connectivity index (χ2v) is 4.83. The van der Waals surface area contributed by atoms with E-state index in [4.69, 9.17) is 34.8 Å². The van der Waals surface area contributed by atoms with E-state index < -0.39 is 0 Å². The monoisotopic (exact) mass is 286 g/mol. The molecule has 1 aromatic carbocycles. The number of benzene rings is 1. The molecule has 0 unspecified atom stereocenters. The van der Waals surface area contributed by atoms with Gasteiger partial charge in [0.25, 0.3) is 0 Å². The van der Waals surface area contributed by atoms with E-state index >= 15 is 0 Å². The molecule has 0 aliphatic carbocycles. The average Bonchev–Trinajstić information content (AvgIpc) is 2.27. The quantitative estimate of drug-likeness (QED) is 0.709. The number of halogens is 3. The zero-order valence-electron chi connectivity index (χ0n) is 9.26. The Morgan fingerprint density at radius 2 is 1.65 bits per heavy atom. The van der Waals surface area contributed by atoms with E-state index in [9.17, 15) is 0 Å². The summed E-state index contributed by atoms with van der Waals surface area (Å²) in [5.74, 6) is 0.709. The van der Waals surface area contributed by atoms with E-state index in [2.05, 4.69) is 9.97 Å². The number of nitrogens with zero attached hydrogens (tertiary/aromatic N) is 2. The molecule has 0 spiro atoms. The number of hydrogen-bond donors (Lipinski definition) is 0. The molecule has 5 heteroatoms. The van der Waals surface area contributed by atoms with Gasteiger partial charge in [0.1, 0.15) is 5.82 Å². The van der Waals surface area contributed by atoms with Gasteiger partial charge < -0.3 is 0 Å². The van der Waals surface area contributed by atoms with Crippen LogP contribution in [0.25, 0.3) is 11.1 Å². The predicted molar refractivity (Wildman–Crippen MR) is 72.0 cm³/mol. The third-order valence-electron chi connectivity index (χ3n) is 2.41. The number of aryl methyl sites for hydroxylation is 2. The van der Waals surface area contributed by atoms with Crippen molar-refractivity contribution < 1.29 is 0 Å². The van der Waals surface area contributed by atoms with Crippen LogP contribution in [0.2, 0.25) is 15.1 Å². The van der Waals surface area contributed by atoms with E-state index in [0.717, 1.165) is 11.3 Å². The Morgan fingerprint density at radius 3 is 2.29 bits per heavy atom. The van der Waals surface area contributed by atoms with Crippen LogP contribution in [0.5, 0.6) is 0 Å². The van der Waals surface area contributed by atoms with Crippen LogP contribution in [0.4, 0.5) is 0 Å². The highest BCUT2D eigenvalue weighted by molar-refractivity contribution is 6.46. The van der Waals surface area contributed by atoms with E-state index in [-0.39, 0.29) is 0 Å². The van der Waals surface area contributed by atoms with Crippen LogP contribution in [-0.4, -0.2) is 9.97 Å². The highest BCUT2D eigenvalue weighted by Gasteiger charge is 2.14. The first-order valence-corrected chi connectivity index (χ1v) is 6.08. The summed E-state index contributed by atoms with van der Waals surface area (Å²) in [4.78, 5) is 8.45. The Kier molecular flexibility index (Phi) is 3.57. The fourth-order valence-corrected chi connectivity index (χ4v) is 2.33. The molecule has 1 aromatic heterocycles. The Morgan fingerprint density at radius 1 is 1.00 bits per heavy atom. The molecule has 17 heavy (non-hydrogen) atoms. The summed E-state index contributed by atoms with van der Waals surface area (Å²) in [6, 6.07) is 3.38. The van der Waals surface area contributed by atoms with Gasteiger partial charge in [-0.2, -0.15) is 0 Å². The minimum absolute atomic E-state index is 0.426. The number of aromatic nitrogens is 2. The maximum Gasteiger partial charge on any atom is 0.125 e. The Balaban J connectivity index is 2.72. The second kappa shape index (κ2) is 4.81. The summed E-state index contributed by atoms with van der Waals surface area (Å²) in [7, 11) is 0. The van der Waals surface area contributed by atoms with Gasteiger partial charge in [0.05, 0.1) is 15.1 Å². The van der Waals surface area contributed by atoms with Gasteiger partial charge in [-0.15, -0.1) is 0 Å². The summed E-state index contributed by atoms with van der Waals surface area (Å²) < 4.78 is 0. The van der Waals surface area contributed by atoms with Crippen molar-refractivity contribution in [3.8, 4) is 11.1 Å². The molecular formula is C12H9Cl3N2. The summed E-state index contributed by atoms with van der Waals surface area (Å²) in [5.41, 5.74) is 2.30. The third kappa shape index (κ3) is 2.39. The van der Waals surface area contributed by atoms with Gasteiger partial charge in [0.15, 0.2) is 0 Å². The van der Waals surface area contributed by atoms with E-state index in [1.165, 1.54) is 0 Å². The lowest BCUT2D eigenvalue weighted by Gasteiger charge is -2.10. The minimum atomic E-state index is 0.426. The molecule has 0 fully saturated rings. The van der Waals surface area contributed by atoms with Gasteiger partial charge in [-0.25, -0.2) is 9.97 Å². The number of rotatable bonds is 1. The van der Waals surface area contributed by atoms with Crippen molar-refractivity contribution in [3.05, 3.63) is 44.9 Å². The molecule has 2 aromatic rings. The SMILES string of the molecule is Cc1ncc(-c2c(Cl)ccc(Cl)c2Cl)c(C)n1. The van der Waals surface area contributed by atoms with Gasteiger partial charge in [0.2, 0.25) is 0 Å². The molecule has 0 amide bonds. The lowest BCUT2D eigenvalue weighted by molar-refractivity contribution is 1.01. The first-order chi connectivity index (χ1) is 8.00. The molecule has 88 valence electrons. The second-order valence-electron chi connectivity index (χ2n) is 3.63. The molecule has 2 nitrogen and oxygen atoms in total. The smallest absolute Gasteiger partial charge is 0.125 e. The highest BCUT2D eigenvalue weighted by atomic mass is 35.5. The van der Waals surface area contributed by atoms with Crippen LogP contribution >= 0.6 is 34.8 Å². The summed E-state index contributed by atoms with van der Waals surface area (Å²) in [5, 5.41) is 1.43. The lowest BCUT2D eigenvalue weighted by atomic mass is 10.1. The van der Waals surface area contributed by atoms with Gasteiger partial charge in [-0.3, -0.25) is 0 Å². The molecule has 0 aliphatic heterocycles. The van der Waals surface area contributed by atoms with Crippen LogP contribution < -0.4 is 0 Å². The standard InChI is InChI=1S/C12H9Cl3N2/c1-6-8(5-16-7(2)17-6)11-9(13)3-4-10(14)12(11)15/h3-5H,1-2H3. The van der Waals surface area contributed by atoms with Gasteiger partial charge in [0, 0.05) is 23.0 Å². The van der Waals surface area contributed by atoms with Gasteiger partial charge >= 0.3 is 0 Å². The van der Waals surface area contributed by atoms with Crippen molar-refractivity contribution in [2.24, 2.45) is 0 Å². The van der Waals surface area contributed by atoms with E-state index in [0.29, 0.717) is 26.5 Å². The molecule has 0 bridgehead atoms. The van der Waals surface area contributed by atoms with Crippen LogP contribution in [-0.2, 0) is 0 Å². The lowest BCUT2D eigenvalue weighted by Crippen LogP contribution is -1.95. The summed E-state index contributed by atoms with van der Waals surface area (Å²) in [6.07, 6.45) is 1.71. The van der Waals surface area contributed by atoms with Crippen molar-refractivity contribution in [2.45, 2.75) is 13.8 Å². The van der Waals surface area contributed by atoms with Crippen molar-refractivity contribution in [3.63, 3.8) is 0 Å². The van der Waals surface area contributed by atoms with Crippen LogP contribution in [0.3, 0.4) is 0 Å². The Hall–Kier alpha value is -0.830. The Labute approximate surface area is 115 Å².